The fourth-order valence-electron chi connectivity index (χ4n) is 3.77. The number of nitrogens with one attached hydrogen (secondary N) is 1. The van der Waals surface area contributed by atoms with Crippen molar-refractivity contribution in [2.75, 3.05) is 6.54 Å². The van der Waals surface area contributed by atoms with Gasteiger partial charge in [-0.3, -0.25) is 4.79 Å². The predicted molar refractivity (Wildman–Crippen MR) is 98.4 cm³/mol. The lowest BCUT2D eigenvalue weighted by Gasteiger charge is -2.27. The molecule has 0 bridgehead atoms. The van der Waals surface area contributed by atoms with Crippen molar-refractivity contribution in [3.8, 4) is 0 Å². The molecule has 1 aromatic heterocycles. The summed E-state index contributed by atoms with van der Waals surface area (Å²) in [4.78, 5) is 18.1. The highest BCUT2D eigenvalue weighted by molar-refractivity contribution is 5.98. The maximum atomic E-state index is 13.0. The molecule has 1 fully saturated rings. The number of hydrogen-bond acceptors (Lipinski definition) is 2. The van der Waals surface area contributed by atoms with Crippen LogP contribution in [0.15, 0.2) is 60.8 Å². The van der Waals surface area contributed by atoms with Crippen molar-refractivity contribution in [2.45, 2.75) is 31.4 Å². The van der Waals surface area contributed by atoms with Crippen LogP contribution in [0, 0.1) is 0 Å². The van der Waals surface area contributed by atoms with Gasteiger partial charge in [-0.1, -0.05) is 30.3 Å². The lowest BCUT2D eigenvalue weighted by atomic mass is 10.00. The summed E-state index contributed by atoms with van der Waals surface area (Å²) in [7, 11) is 0. The number of aromatic nitrogens is 1. The summed E-state index contributed by atoms with van der Waals surface area (Å²) in [6, 6.07) is 17.5. The molecule has 0 aliphatic carbocycles. The first-order valence-corrected chi connectivity index (χ1v) is 8.83. The molecule has 25 heavy (non-hydrogen) atoms. The topological polar surface area (TPSA) is 56.3 Å². The van der Waals surface area contributed by atoms with Crippen LogP contribution in [0.3, 0.4) is 0 Å². The van der Waals surface area contributed by atoms with Crippen molar-refractivity contribution in [2.24, 2.45) is 0 Å². The van der Waals surface area contributed by atoms with Crippen LogP contribution < -0.4 is 0 Å². The molecule has 1 amide bonds. The van der Waals surface area contributed by atoms with E-state index < -0.39 is 6.10 Å². The van der Waals surface area contributed by atoms with Gasteiger partial charge in [0, 0.05) is 35.2 Å². The van der Waals surface area contributed by atoms with Gasteiger partial charge in [0.15, 0.2) is 0 Å². The van der Waals surface area contributed by atoms with E-state index in [1.54, 1.807) is 0 Å². The molecule has 0 saturated carbocycles. The molecule has 1 saturated heterocycles. The van der Waals surface area contributed by atoms with Gasteiger partial charge in [-0.2, -0.15) is 0 Å². The van der Waals surface area contributed by atoms with E-state index in [0.717, 1.165) is 35.9 Å². The lowest BCUT2D eigenvalue weighted by molar-refractivity contribution is 0.0667. The molecule has 4 nitrogen and oxygen atoms in total. The molecule has 1 aliphatic heterocycles. The zero-order valence-electron chi connectivity index (χ0n) is 14.1. The van der Waals surface area contributed by atoms with Crippen LogP contribution in [0.2, 0.25) is 0 Å². The van der Waals surface area contributed by atoms with E-state index in [9.17, 15) is 9.90 Å². The van der Waals surface area contributed by atoms with E-state index in [4.69, 9.17) is 0 Å². The molecule has 2 N–H and O–H groups in total. The third-order valence-corrected chi connectivity index (χ3v) is 5.12. The van der Waals surface area contributed by atoms with Crippen molar-refractivity contribution < 1.29 is 9.90 Å². The summed E-state index contributed by atoms with van der Waals surface area (Å²) in [5.41, 5.74) is 2.66. The first-order valence-electron chi connectivity index (χ1n) is 8.83. The highest BCUT2D eigenvalue weighted by Gasteiger charge is 2.31. The van der Waals surface area contributed by atoms with Crippen LogP contribution in [-0.2, 0) is 0 Å². The van der Waals surface area contributed by atoms with E-state index in [2.05, 4.69) is 4.98 Å². The zero-order chi connectivity index (χ0) is 17.2. The van der Waals surface area contributed by atoms with Gasteiger partial charge in [-0.15, -0.1) is 0 Å². The molecular weight excluding hydrogens is 312 g/mol. The van der Waals surface area contributed by atoms with Crippen LogP contribution >= 0.6 is 0 Å². The molecule has 2 aromatic carbocycles. The summed E-state index contributed by atoms with van der Waals surface area (Å²) < 4.78 is 0. The van der Waals surface area contributed by atoms with Gasteiger partial charge in [0.1, 0.15) is 0 Å². The van der Waals surface area contributed by atoms with E-state index >= 15 is 0 Å². The molecule has 4 heteroatoms. The van der Waals surface area contributed by atoms with Gasteiger partial charge >= 0.3 is 0 Å². The van der Waals surface area contributed by atoms with E-state index in [1.165, 1.54) is 0 Å². The standard InChI is InChI=1S/C21H22N2O2/c24-20(15-5-2-1-3-6-15)14-18-7-4-12-23(18)21(25)17-8-9-19-16(13-17)10-11-22-19/h1-3,5-6,8-11,13,18,20,22,24H,4,7,12,14H2/t18-,20-/m1/s1. The Morgan fingerprint density at radius 1 is 1.20 bits per heavy atom. The van der Waals surface area contributed by atoms with Gasteiger partial charge in [0.05, 0.1) is 6.10 Å². The number of carbonyl (C=O) groups is 1. The average Bonchev–Trinajstić information content (AvgIpc) is 3.30. The molecular formula is C21H22N2O2. The van der Waals surface area contributed by atoms with Gasteiger partial charge < -0.3 is 15.0 Å². The average molecular weight is 334 g/mol. The monoisotopic (exact) mass is 334 g/mol. The molecule has 1 aliphatic rings. The minimum absolute atomic E-state index is 0.0610. The maximum Gasteiger partial charge on any atom is 0.254 e. The summed E-state index contributed by atoms with van der Waals surface area (Å²) in [5, 5.41) is 11.6. The summed E-state index contributed by atoms with van der Waals surface area (Å²) in [6.45, 7) is 0.760. The quantitative estimate of drug-likeness (QED) is 0.760. The fraction of sp³-hybridized carbons (Fsp3) is 0.286. The second kappa shape index (κ2) is 6.73. The Morgan fingerprint density at radius 2 is 2.04 bits per heavy atom. The molecule has 3 aromatic rings. The highest BCUT2D eigenvalue weighted by atomic mass is 16.3. The van der Waals surface area contributed by atoms with E-state index in [1.807, 2.05) is 65.7 Å². The number of benzene rings is 2. The van der Waals surface area contributed by atoms with Crippen molar-refractivity contribution in [3.05, 3.63) is 71.9 Å². The van der Waals surface area contributed by atoms with Crippen molar-refractivity contribution in [3.63, 3.8) is 0 Å². The largest absolute Gasteiger partial charge is 0.388 e. The van der Waals surface area contributed by atoms with Crippen LogP contribution in [0.5, 0.6) is 0 Å². The number of nitrogens with zero attached hydrogens (tertiary/aromatic N) is 1. The van der Waals surface area contributed by atoms with Crippen molar-refractivity contribution in [1.29, 1.82) is 0 Å². The number of aliphatic hydroxyl groups is 1. The number of fused-ring (bicyclic) bond motifs is 1. The van der Waals surface area contributed by atoms with Crippen LogP contribution in [0.1, 0.15) is 41.3 Å². The fourth-order valence-corrected chi connectivity index (χ4v) is 3.77. The number of rotatable bonds is 4. The lowest BCUT2D eigenvalue weighted by Crippen LogP contribution is -2.36. The second-order valence-corrected chi connectivity index (χ2v) is 6.74. The Kier molecular flexibility index (Phi) is 4.28. The Morgan fingerprint density at radius 3 is 2.88 bits per heavy atom. The predicted octanol–water partition coefficient (Wildman–Crippen LogP) is 3.90. The number of hydrogen-bond donors (Lipinski definition) is 2. The first kappa shape index (κ1) is 15.9. The Balaban J connectivity index is 1.51. The molecule has 2 heterocycles. The third kappa shape index (κ3) is 3.17. The van der Waals surface area contributed by atoms with Gasteiger partial charge in [0.25, 0.3) is 5.91 Å². The van der Waals surface area contributed by atoms with Gasteiger partial charge in [-0.25, -0.2) is 0 Å². The van der Waals surface area contributed by atoms with Crippen molar-refractivity contribution in [1.82, 2.24) is 9.88 Å². The number of carbonyl (C=O) groups excluding carboxylic acids is 1. The summed E-state index contributed by atoms with van der Waals surface area (Å²) >= 11 is 0. The van der Waals surface area contributed by atoms with E-state index in [0.29, 0.717) is 12.0 Å². The van der Waals surface area contributed by atoms with Crippen molar-refractivity contribution >= 4 is 16.8 Å². The summed E-state index contributed by atoms with van der Waals surface area (Å²) in [6.07, 6.45) is 3.87. The van der Waals surface area contributed by atoms with Gasteiger partial charge in [-0.05, 0) is 49.1 Å². The SMILES string of the molecule is O=C(c1ccc2[nH]ccc2c1)N1CCC[C@@H]1C[C@@H](O)c1ccccc1. The van der Waals surface area contributed by atoms with Crippen LogP contribution in [-0.4, -0.2) is 33.5 Å². The number of H-pyrrole nitrogens is 1. The Hall–Kier alpha value is -2.59. The Bertz CT molecular complexity index is 872. The molecule has 128 valence electrons. The maximum absolute atomic E-state index is 13.0. The van der Waals surface area contributed by atoms with Crippen LogP contribution in [0.25, 0.3) is 10.9 Å². The molecule has 0 unspecified atom stereocenters. The number of aliphatic hydroxyl groups excluding tert-OH is 1. The number of amides is 1. The summed E-state index contributed by atoms with van der Waals surface area (Å²) in [5.74, 6) is 0.0610. The minimum Gasteiger partial charge on any atom is -0.388 e. The third-order valence-electron chi connectivity index (χ3n) is 5.12. The zero-order valence-corrected chi connectivity index (χ0v) is 14.1. The second-order valence-electron chi connectivity index (χ2n) is 6.74. The first-order chi connectivity index (χ1) is 12.2. The minimum atomic E-state index is -0.535. The molecule has 0 radical (unpaired) electrons. The highest BCUT2D eigenvalue weighted by Crippen LogP contribution is 2.29. The molecule has 4 rings (SSSR count). The van der Waals surface area contributed by atoms with Crippen LogP contribution in [0.4, 0.5) is 0 Å². The van der Waals surface area contributed by atoms with E-state index in [-0.39, 0.29) is 11.9 Å². The van der Waals surface area contributed by atoms with Gasteiger partial charge in [0.2, 0.25) is 0 Å². The number of likely N-dealkylation sites (tertiary alicyclic amines) is 1. The number of aromatic amines is 1. The Labute approximate surface area is 147 Å². The molecule has 0 spiro atoms. The molecule has 2 atom stereocenters. The normalized spacial score (nSPS) is 18.6. The smallest absolute Gasteiger partial charge is 0.254 e.